The van der Waals surface area contributed by atoms with Crippen LogP contribution >= 0.6 is 0 Å². The maximum absolute atomic E-state index is 14.1. The van der Waals surface area contributed by atoms with Crippen LogP contribution in [0.25, 0.3) is 0 Å². The van der Waals surface area contributed by atoms with Crippen molar-refractivity contribution < 1.29 is 4.39 Å². The molecule has 1 saturated carbocycles. The van der Waals surface area contributed by atoms with Crippen LogP contribution in [0.3, 0.4) is 0 Å². The molecule has 2 heteroatoms. The first kappa shape index (κ1) is 22.7. The number of allylic oxidation sites excluding steroid dienone is 3. The predicted octanol–water partition coefficient (Wildman–Crippen LogP) is 7.19. The van der Waals surface area contributed by atoms with E-state index < -0.39 is 5.67 Å². The molecule has 2 rings (SSSR count). The van der Waals surface area contributed by atoms with Gasteiger partial charge in [-0.25, -0.2) is 4.39 Å². The van der Waals surface area contributed by atoms with Crippen molar-refractivity contribution in [2.24, 2.45) is 23.2 Å². The number of likely N-dealkylation sites (tertiary alicyclic amines) is 1. The minimum Gasteiger partial charge on any atom is -0.302 e. The number of rotatable bonds is 8. The third-order valence-corrected chi connectivity index (χ3v) is 7.43. The fourth-order valence-electron chi connectivity index (χ4n) is 5.00. The van der Waals surface area contributed by atoms with Crippen molar-refractivity contribution >= 4 is 0 Å². The number of hydrogen-bond donors (Lipinski definition) is 0. The van der Waals surface area contributed by atoms with Crippen molar-refractivity contribution in [3.05, 3.63) is 23.8 Å². The van der Waals surface area contributed by atoms with Gasteiger partial charge in [0.15, 0.2) is 0 Å². The molecule has 0 amide bonds. The molecule has 2 aliphatic rings. The third-order valence-electron chi connectivity index (χ3n) is 7.43. The number of alkyl halides is 1. The Labute approximate surface area is 168 Å². The smallest absolute Gasteiger partial charge is 0.111 e. The maximum Gasteiger partial charge on any atom is 0.111 e. The topological polar surface area (TPSA) is 3.24 Å². The van der Waals surface area contributed by atoms with Crippen LogP contribution in [-0.2, 0) is 0 Å². The van der Waals surface area contributed by atoms with Crippen LogP contribution in [0.5, 0.6) is 0 Å². The van der Waals surface area contributed by atoms with Crippen molar-refractivity contribution in [2.75, 3.05) is 19.6 Å². The molecular weight excluding hydrogens is 333 g/mol. The Morgan fingerprint density at radius 1 is 1.26 bits per heavy atom. The van der Waals surface area contributed by atoms with Gasteiger partial charge in [-0.15, -0.1) is 0 Å². The zero-order valence-corrected chi connectivity index (χ0v) is 18.9. The van der Waals surface area contributed by atoms with Crippen molar-refractivity contribution in [2.45, 2.75) is 92.2 Å². The van der Waals surface area contributed by atoms with Gasteiger partial charge < -0.3 is 4.90 Å². The maximum atomic E-state index is 14.1. The summed E-state index contributed by atoms with van der Waals surface area (Å²) in [5, 5.41) is 0. The Balaban J connectivity index is 2.20. The standard InChI is InChI=1S/C25H44FN/c1-7-22(13-11-12-21(3)24(4,5)26)23(19-27-17-14-20(2)18-27)25(6)15-9-8-10-16-25/h11-13,20-21,23H,7-10,14-19H2,1-6H3/b12-11-,22-13+. The van der Waals surface area contributed by atoms with Gasteiger partial charge in [-0.2, -0.15) is 0 Å². The SMILES string of the molecule is CC/C(=C\C=C/C(C)C(C)(C)F)C(CN1CCC(C)C1)C1(C)CCCCC1. The highest BCUT2D eigenvalue weighted by atomic mass is 19.1. The highest BCUT2D eigenvalue weighted by molar-refractivity contribution is 5.19. The molecule has 2 fully saturated rings. The molecule has 0 aromatic carbocycles. The van der Waals surface area contributed by atoms with Crippen LogP contribution in [0.15, 0.2) is 23.8 Å². The van der Waals surface area contributed by atoms with Crippen LogP contribution in [0.1, 0.15) is 86.5 Å². The van der Waals surface area contributed by atoms with Gasteiger partial charge >= 0.3 is 0 Å². The minimum atomic E-state index is -1.16. The Kier molecular flexibility index (Phi) is 8.16. The molecule has 0 aromatic rings. The van der Waals surface area contributed by atoms with E-state index in [-0.39, 0.29) is 5.92 Å². The summed E-state index contributed by atoms with van der Waals surface area (Å²) in [6, 6.07) is 0. The van der Waals surface area contributed by atoms with Crippen LogP contribution in [0, 0.1) is 23.2 Å². The second kappa shape index (κ2) is 9.72. The first-order chi connectivity index (χ1) is 12.7. The molecule has 0 aromatic heterocycles. The lowest BCUT2D eigenvalue weighted by Gasteiger charge is -2.44. The molecule has 0 N–H and O–H groups in total. The van der Waals surface area contributed by atoms with Crippen molar-refractivity contribution in [3.63, 3.8) is 0 Å². The van der Waals surface area contributed by atoms with Gasteiger partial charge in [0.25, 0.3) is 0 Å². The molecule has 1 saturated heterocycles. The van der Waals surface area contributed by atoms with Crippen LogP contribution in [0.2, 0.25) is 0 Å². The second-order valence-electron chi connectivity index (χ2n) is 10.3. The zero-order chi connectivity index (χ0) is 20.1. The van der Waals surface area contributed by atoms with Crippen molar-refractivity contribution in [3.8, 4) is 0 Å². The zero-order valence-electron chi connectivity index (χ0n) is 18.9. The first-order valence-corrected chi connectivity index (χ1v) is 11.4. The molecule has 0 spiro atoms. The fourth-order valence-corrected chi connectivity index (χ4v) is 5.00. The summed E-state index contributed by atoms with van der Waals surface area (Å²) in [6.45, 7) is 16.3. The summed E-state index contributed by atoms with van der Waals surface area (Å²) in [4.78, 5) is 2.70. The summed E-state index contributed by atoms with van der Waals surface area (Å²) < 4.78 is 14.1. The molecule has 0 bridgehead atoms. The fraction of sp³-hybridized carbons (Fsp3) is 0.840. The lowest BCUT2D eigenvalue weighted by Crippen LogP contribution is -2.39. The summed E-state index contributed by atoms with van der Waals surface area (Å²) in [5.41, 5.74) is 0.834. The van der Waals surface area contributed by atoms with Crippen molar-refractivity contribution in [1.29, 1.82) is 0 Å². The summed E-state index contributed by atoms with van der Waals surface area (Å²) in [6.07, 6.45) is 15.8. The Hall–Kier alpha value is -0.630. The highest BCUT2D eigenvalue weighted by Crippen LogP contribution is 2.46. The molecule has 3 unspecified atom stereocenters. The predicted molar refractivity (Wildman–Crippen MR) is 117 cm³/mol. The molecule has 1 aliphatic carbocycles. The first-order valence-electron chi connectivity index (χ1n) is 11.4. The molecule has 1 heterocycles. The molecular formula is C25H44FN. The van der Waals surface area contributed by atoms with Gasteiger partial charge in [0.2, 0.25) is 0 Å². The van der Waals surface area contributed by atoms with Gasteiger partial charge in [0.1, 0.15) is 5.67 Å². The van der Waals surface area contributed by atoms with E-state index in [0.717, 1.165) is 12.3 Å². The van der Waals surface area contributed by atoms with E-state index in [2.05, 4.69) is 37.8 Å². The summed E-state index contributed by atoms with van der Waals surface area (Å²) >= 11 is 0. The van der Waals surface area contributed by atoms with Gasteiger partial charge in [0.05, 0.1) is 0 Å². The summed E-state index contributed by atoms with van der Waals surface area (Å²) in [5.74, 6) is 1.41. The van der Waals surface area contributed by atoms with E-state index >= 15 is 0 Å². The van der Waals surface area contributed by atoms with Crippen LogP contribution in [-0.4, -0.2) is 30.2 Å². The Morgan fingerprint density at radius 2 is 1.93 bits per heavy atom. The second-order valence-corrected chi connectivity index (χ2v) is 10.3. The normalized spacial score (nSPS) is 27.2. The quantitative estimate of drug-likeness (QED) is 0.404. The van der Waals surface area contributed by atoms with E-state index in [1.807, 2.05) is 13.0 Å². The molecule has 156 valence electrons. The number of hydrogen-bond acceptors (Lipinski definition) is 1. The summed E-state index contributed by atoms with van der Waals surface area (Å²) in [7, 11) is 0. The monoisotopic (exact) mass is 377 g/mol. The van der Waals surface area contributed by atoms with Crippen molar-refractivity contribution in [1.82, 2.24) is 4.90 Å². The lowest BCUT2D eigenvalue weighted by atomic mass is 9.64. The van der Waals surface area contributed by atoms with E-state index in [0.29, 0.717) is 11.3 Å². The van der Waals surface area contributed by atoms with Gasteiger partial charge in [-0.3, -0.25) is 0 Å². The number of nitrogens with zero attached hydrogens (tertiary/aromatic N) is 1. The molecule has 3 atom stereocenters. The van der Waals surface area contributed by atoms with Gasteiger partial charge in [0, 0.05) is 19.0 Å². The Bertz CT molecular complexity index is 507. The molecule has 0 radical (unpaired) electrons. The molecule has 1 nitrogen and oxygen atoms in total. The van der Waals surface area contributed by atoms with E-state index in [1.54, 1.807) is 19.4 Å². The third kappa shape index (κ3) is 6.44. The number of halogens is 1. The molecule has 1 aliphatic heterocycles. The van der Waals surface area contributed by atoms with Crippen LogP contribution in [0.4, 0.5) is 4.39 Å². The molecule has 27 heavy (non-hydrogen) atoms. The van der Waals surface area contributed by atoms with Crippen LogP contribution < -0.4 is 0 Å². The lowest BCUT2D eigenvalue weighted by molar-refractivity contribution is 0.107. The van der Waals surface area contributed by atoms with Gasteiger partial charge in [-0.05, 0) is 63.3 Å². The minimum absolute atomic E-state index is 0.0602. The average molecular weight is 378 g/mol. The largest absolute Gasteiger partial charge is 0.302 e. The average Bonchev–Trinajstić information content (AvgIpc) is 3.02. The van der Waals surface area contributed by atoms with E-state index in [4.69, 9.17) is 0 Å². The van der Waals surface area contributed by atoms with Gasteiger partial charge in [-0.1, -0.05) is 70.8 Å². The Morgan fingerprint density at radius 3 is 2.44 bits per heavy atom. The van der Waals surface area contributed by atoms with E-state index in [1.165, 1.54) is 58.2 Å². The van der Waals surface area contributed by atoms with E-state index in [9.17, 15) is 4.39 Å². The highest BCUT2D eigenvalue weighted by Gasteiger charge is 2.38.